The minimum atomic E-state index is -3.77. The number of anilines is 1. The number of rotatable bonds is 9. The van der Waals surface area contributed by atoms with Gasteiger partial charge in [-0.25, -0.2) is 23.4 Å². The second kappa shape index (κ2) is 12.1. The quantitative estimate of drug-likeness (QED) is 0.165. The van der Waals surface area contributed by atoms with Crippen molar-refractivity contribution >= 4 is 51.3 Å². The molecule has 0 unspecified atom stereocenters. The van der Waals surface area contributed by atoms with Gasteiger partial charge in [-0.3, -0.25) is 9.59 Å². The van der Waals surface area contributed by atoms with E-state index >= 15 is 0 Å². The average Bonchev–Trinajstić information content (AvgIpc) is 3.31. The third-order valence-corrected chi connectivity index (χ3v) is 6.13. The highest BCUT2D eigenvalue weighted by atomic mass is 35.5. The Morgan fingerprint density at radius 2 is 1.69 bits per heavy atom. The fourth-order valence-corrected chi connectivity index (χ4v) is 3.84. The van der Waals surface area contributed by atoms with Gasteiger partial charge in [0.1, 0.15) is 11.5 Å². The first-order chi connectivity index (χ1) is 17.2. The summed E-state index contributed by atoms with van der Waals surface area (Å²) >= 11 is 5.77. The van der Waals surface area contributed by atoms with Gasteiger partial charge in [0, 0.05) is 10.7 Å². The molecule has 0 bridgehead atoms. The van der Waals surface area contributed by atoms with Crippen molar-refractivity contribution in [1.82, 2.24) is 10.1 Å². The number of benzene rings is 2. The van der Waals surface area contributed by atoms with E-state index < -0.39 is 27.8 Å². The van der Waals surface area contributed by atoms with Crippen LogP contribution < -0.4 is 15.5 Å². The molecule has 2 amide bonds. The summed E-state index contributed by atoms with van der Waals surface area (Å²) < 4.78 is 37.3. The lowest BCUT2D eigenvalue weighted by Gasteiger charge is -2.05. The molecule has 0 radical (unpaired) electrons. The number of nitrogens with one attached hydrogen (secondary N) is 3. The van der Waals surface area contributed by atoms with E-state index in [-0.39, 0.29) is 23.8 Å². The highest BCUT2D eigenvalue weighted by molar-refractivity contribution is 7.89. The van der Waals surface area contributed by atoms with E-state index in [0.717, 1.165) is 6.21 Å². The summed E-state index contributed by atoms with van der Waals surface area (Å²) in [4.78, 5) is 35.6. The fraction of sp³-hybridized carbons (Fsp3) is 0.130. The van der Waals surface area contributed by atoms with Crippen molar-refractivity contribution in [3.63, 3.8) is 0 Å². The van der Waals surface area contributed by atoms with Crippen LogP contribution >= 0.6 is 11.6 Å². The maximum Gasteiger partial charge on any atom is 0.338 e. The molecule has 0 fully saturated rings. The minimum Gasteiger partial charge on any atom is -0.462 e. The summed E-state index contributed by atoms with van der Waals surface area (Å²) in [5.74, 6) is -2.01. The maximum atomic E-state index is 12.3. The number of hydrazone groups is 1. The summed E-state index contributed by atoms with van der Waals surface area (Å²) in [5, 5.41) is 6.43. The van der Waals surface area contributed by atoms with Crippen LogP contribution in [0, 0.1) is 0 Å². The van der Waals surface area contributed by atoms with Gasteiger partial charge in [-0.05, 0) is 67.6 Å². The first kappa shape index (κ1) is 26.6. The van der Waals surface area contributed by atoms with Crippen molar-refractivity contribution in [1.29, 1.82) is 0 Å². The summed E-state index contributed by atoms with van der Waals surface area (Å²) in [5.41, 5.74) is 2.65. The topological polar surface area (TPSA) is 156 Å². The molecule has 0 aliphatic rings. The Labute approximate surface area is 211 Å². The summed E-state index contributed by atoms with van der Waals surface area (Å²) in [6.45, 7) is 1.80. The van der Waals surface area contributed by atoms with Crippen molar-refractivity contribution in [2.24, 2.45) is 5.10 Å². The van der Waals surface area contributed by atoms with E-state index in [1.807, 2.05) is 0 Å². The molecule has 3 rings (SSSR count). The van der Waals surface area contributed by atoms with Gasteiger partial charge in [-0.15, -0.1) is 0 Å². The Kier molecular flexibility index (Phi) is 8.95. The lowest BCUT2D eigenvalue weighted by Crippen LogP contribution is -2.32. The van der Waals surface area contributed by atoms with E-state index in [4.69, 9.17) is 20.8 Å². The molecular formula is C23H21ClN4O7S. The molecule has 0 aliphatic heterocycles. The normalized spacial score (nSPS) is 11.3. The molecular weight excluding hydrogens is 512 g/mol. The zero-order chi connectivity index (χ0) is 26.1. The van der Waals surface area contributed by atoms with Crippen molar-refractivity contribution < 1.29 is 32.0 Å². The molecule has 0 aliphatic carbocycles. The molecule has 188 valence electrons. The number of hydrogen-bond acceptors (Lipinski definition) is 8. The molecule has 2 aromatic carbocycles. The Morgan fingerprint density at radius 1 is 1.00 bits per heavy atom. The van der Waals surface area contributed by atoms with Gasteiger partial charge in [0.2, 0.25) is 10.0 Å². The van der Waals surface area contributed by atoms with Crippen LogP contribution in [0.2, 0.25) is 5.02 Å². The van der Waals surface area contributed by atoms with E-state index in [1.54, 1.807) is 6.92 Å². The largest absolute Gasteiger partial charge is 0.462 e. The lowest BCUT2D eigenvalue weighted by molar-refractivity contribution is -0.136. The van der Waals surface area contributed by atoms with Crippen molar-refractivity contribution in [2.75, 3.05) is 11.9 Å². The number of carbonyl (C=O) groups excluding carboxylic acids is 3. The van der Waals surface area contributed by atoms with Gasteiger partial charge in [0.25, 0.3) is 0 Å². The summed E-state index contributed by atoms with van der Waals surface area (Å²) in [6, 6.07) is 14.5. The van der Waals surface area contributed by atoms with Gasteiger partial charge in [-0.1, -0.05) is 11.6 Å². The molecule has 3 aromatic rings. The Hall–Kier alpha value is -4.00. The number of hydrogen-bond donors (Lipinski definition) is 3. The molecule has 36 heavy (non-hydrogen) atoms. The van der Waals surface area contributed by atoms with Crippen molar-refractivity contribution in [3.8, 4) is 0 Å². The van der Waals surface area contributed by atoms with Crippen molar-refractivity contribution in [3.05, 3.63) is 82.8 Å². The molecule has 0 spiro atoms. The SMILES string of the molecule is CCOC(=O)c1ccc(NC(=O)C(=O)N/N=C/c2ccc(CNS(=O)(=O)c3ccc(Cl)cc3)o2)cc1. The summed E-state index contributed by atoms with van der Waals surface area (Å²) in [7, 11) is -3.77. The van der Waals surface area contributed by atoms with Gasteiger partial charge >= 0.3 is 17.8 Å². The first-order valence-electron chi connectivity index (χ1n) is 10.4. The summed E-state index contributed by atoms with van der Waals surface area (Å²) in [6.07, 6.45) is 1.15. The predicted octanol–water partition coefficient (Wildman–Crippen LogP) is 2.68. The number of esters is 1. The highest BCUT2D eigenvalue weighted by Crippen LogP contribution is 2.15. The number of sulfonamides is 1. The zero-order valence-corrected chi connectivity index (χ0v) is 20.4. The van der Waals surface area contributed by atoms with Crippen molar-refractivity contribution in [2.45, 2.75) is 18.4 Å². The number of carbonyl (C=O) groups is 3. The second-order valence-electron chi connectivity index (χ2n) is 7.03. The van der Waals surface area contributed by atoms with Crippen LogP contribution in [0.4, 0.5) is 5.69 Å². The number of amides is 2. The Morgan fingerprint density at radius 3 is 2.36 bits per heavy atom. The standard InChI is InChI=1S/C23H21ClN4O7S/c1-2-34-23(31)15-3-7-17(8-4-15)27-21(29)22(30)28-25-13-18-9-10-19(35-18)14-26-36(32,33)20-11-5-16(24)6-12-20/h3-13,26H,2,14H2,1H3,(H,27,29)(H,28,30)/b25-13+. The van der Waals surface area contributed by atoms with Crippen LogP contribution in [0.5, 0.6) is 0 Å². The zero-order valence-electron chi connectivity index (χ0n) is 18.9. The van der Waals surface area contributed by atoms with Gasteiger partial charge < -0.3 is 14.5 Å². The average molecular weight is 533 g/mol. The van der Waals surface area contributed by atoms with Crippen LogP contribution in [0.3, 0.4) is 0 Å². The van der Waals surface area contributed by atoms with Crippen LogP contribution in [0.1, 0.15) is 28.8 Å². The van der Waals surface area contributed by atoms with Crippen LogP contribution in [-0.4, -0.2) is 39.0 Å². The third-order valence-electron chi connectivity index (χ3n) is 4.46. The lowest BCUT2D eigenvalue weighted by atomic mass is 10.2. The number of halogens is 1. The van der Waals surface area contributed by atoms with Gasteiger partial charge in [-0.2, -0.15) is 5.10 Å². The molecule has 13 heteroatoms. The second-order valence-corrected chi connectivity index (χ2v) is 9.24. The molecule has 1 aromatic heterocycles. The minimum absolute atomic E-state index is 0.0520. The van der Waals surface area contributed by atoms with Crippen LogP contribution in [0.25, 0.3) is 0 Å². The fourth-order valence-electron chi connectivity index (χ4n) is 2.72. The molecule has 3 N–H and O–H groups in total. The number of furan rings is 1. The maximum absolute atomic E-state index is 12.3. The molecule has 11 nitrogen and oxygen atoms in total. The van der Waals surface area contributed by atoms with Crippen LogP contribution in [-0.2, 0) is 30.9 Å². The van der Waals surface area contributed by atoms with E-state index in [1.165, 1.54) is 60.7 Å². The number of ether oxygens (including phenoxy) is 1. The van der Waals surface area contributed by atoms with E-state index in [2.05, 4.69) is 20.6 Å². The number of nitrogens with zero attached hydrogens (tertiary/aromatic N) is 1. The highest BCUT2D eigenvalue weighted by Gasteiger charge is 2.15. The van der Waals surface area contributed by atoms with Gasteiger partial charge in [0.15, 0.2) is 0 Å². The van der Waals surface area contributed by atoms with E-state index in [0.29, 0.717) is 22.0 Å². The molecule has 0 atom stereocenters. The smallest absolute Gasteiger partial charge is 0.338 e. The third kappa shape index (κ3) is 7.50. The molecule has 0 saturated carbocycles. The van der Waals surface area contributed by atoms with E-state index in [9.17, 15) is 22.8 Å². The Bertz CT molecular complexity index is 1370. The molecule has 1 heterocycles. The van der Waals surface area contributed by atoms with Crippen LogP contribution in [0.15, 0.2) is 75.1 Å². The van der Waals surface area contributed by atoms with Gasteiger partial charge in [0.05, 0.1) is 29.8 Å². The first-order valence-corrected chi connectivity index (χ1v) is 12.3. The predicted molar refractivity (Wildman–Crippen MR) is 131 cm³/mol. The Balaban J connectivity index is 1.48. The molecule has 0 saturated heterocycles. The monoisotopic (exact) mass is 532 g/mol.